The molecule has 12 heteroatoms. The maximum atomic E-state index is 15.7. The summed E-state index contributed by atoms with van der Waals surface area (Å²) in [5.41, 5.74) is -0.0753. The summed E-state index contributed by atoms with van der Waals surface area (Å²) in [5, 5.41) is 2.67. The Bertz CT molecular complexity index is 1470. The molecule has 5 rings (SSSR count). The van der Waals surface area contributed by atoms with Crippen molar-refractivity contribution in [3.8, 4) is 11.1 Å². The number of aryl methyl sites for hydroxylation is 1. The highest BCUT2D eigenvalue weighted by molar-refractivity contribution is 6.07. The summed E-state index contributed by atoms with van der Waals surface area (Å²) in [6.07, 6.45) is -1.69. The summed E-state index contributed by atoms with van der Waals surface area (Å²) in [5.74, 6) is -1.01. The van der Waals surface area contributed by atoms with Gasteiger partial charge in [0.1, 0.15) is 5.82 Å². The number of halogens is 4. The zero-order valence-electron chi connectivity index (χ0n) is 24.9. The molecule has 0 spiro atoms. The number of ether oxygens (including phenoxy) is 1. The van der Waals surface area contributed by atoms with E-state index in [4.69, 9.17) is 4.74 Å². The number of hydrogen-bond donors (Lipinski definition) is 1. The van der Waals surface area contributed by atoms with E-state index < -0.39 is 29.0 Å². The number of hydrogen-bond acceptors (Lipinski definition) is 7. The molecule has 2 aliphatic heterocycles. The third-order valence-electron chi connectivity index (χ3n) is 8.01. The van der Waals surface area contributed by atoms with E-state index in [9.17, 15) is 18.0 Å². The molecule has 1 amide bonds. The van der Waals surface area contributed by atoms with Crippen molar-refractivity contribution in [3.63, 3.8) is 0 Å². The van der Waals surface area contributed by atoms with Crippen LogP contribution in [0.25, 0.3) is 11.1 Å². The molecule has 2 aliphatic rings. The molecule has 43 heavy (non-hydrogen) atoms. The molecular formula is C31H36F4N6O2. The number of morpholine rings is 1. The Kier molecular flexibility index (Phi) is 8.62. The third kappa shape index (κ3) is 6.75. The first kappa shape index (κ1) is 30.7. The number of benzene rings is 2. The molecule has 1 aromatic heterocycles. The molecule has 1 N–H and O–H groups in total. The van der Waals surface area contributed by atoms with Gasteiger partial charge in [-0.25, -0.2) is 14.4 Å². The summed E-state index contributed by atoms with van der Waals surface area (Å²) in [4.78, 5) is 28.4. The van der Waals surface area contributed by atoms with Gasteiger partial charge in [0.25, 0.3) is 5.91 Å². The number of nitrogens with zero attached hydrogens (tertiary/aromatic N) is 5. The third-order valence-corrected chi connectivity index (χ3v) is 8.01. The lowest BCUT2D eigenvalue weighted by Crippen LogP contribution is -2.50. The highest BCUT2D eigenvalue weighted by Gasteiger charge is 2.36. The second-order valence-electron chi connectivity index (χ2n) is 11.6. The topological polar surface area (TPSA) is 73.8 Å². The lowest BCUT2D eigenvalue weighted by Gasteiger charge is -2.39. The van der Waals surface area contributed by atoms with E-state index in [1.165, 1.54) is 37.5 Å². The highest BCUT2D eigenvalue weighted by Crippen LogP contribution is 2.37. The van der Waals surface area contributed by atoms with Crippen LogP contribution in [0.3, 0.4) is 0 Å². The zero-order valence-corrected chi connectivity index (χ0v) is 24.9. The molecule has 0 saturated carbocycles. The Balaban J connectivity index is 1.52. The Morgan fingerprint density at radius 3 is 2.28 bits per heavy atom. The number of rotatable bonds is 5. The number of piperazine rings is 1. The van der Waals surface area contributed by atoms with Crippen LogP contribution in [-0.2, 0) is 10.9 Å². The fourth-order valence-electron chi connectivity index (χ4n) is 5.66. The SMILES string of the molecule is Cc1ccc(C(=O)Nc2cc(-c3cnc(N4C[C@@H](C)O[C@@H](C)C4)nc3)c(F)cc2N2CCN(C)[C@@H](C)C2)c(C(F)(F)F)c1. The molecule has 2 fully saturated rings. The van der Waals surface area contributed by atoms with E-state index in [1.54, 1.807) is 0 Å². The molecule has 0 unspecified atom stereocenters. The normalized spacial score (nSPS) is 21.7. The molecule has 8 nitrogen and oxygen atoms in total. The minimum atomic E-state index is -4.72. The second-order valence-corrected chi connectivity index (χ2v) is 11.6. The number of carbonyl (C=O) groups is 1. The molecule has 3 atom stereocenters. The van der Waals surface area contributed by atoms with Crippen LogP contribution < -0.4 is 15.1 Å². The first-order valence-corrected chi connectivity index (χ1v) is 14.3. The van der Waals surface area contributed by atoms with Gasteiger partial charge in [0.05, 0.1) is 34.7 Å². The molecule has 3 heterocycles. The number of nitrogens with one attached hydrogen (secondary N) is 1. The lowest BCUT2D eigenvalue weighted by atomic mass is 10.0. The van der Waals surface area contributed by atoms with E-state index in [2.05, 4.69) is 20.2 Å². The zero-order chi connectivity index (χ0) is 31.1. The summed E-state index contributed by atoms with van der Waals surface area (Å²) in [6, 6.07) is 6.48. The van der Waals surface area contributed by atoms with Crippen molar-refractivity contribution in [1.82, 2.24) is 14.9 Å². The summed E-state index contributed by atoms with van der Waals surface area (Å²) >= 11 is 0. The van der Waals surface area contributed by atoms with Gasteiger partial charge >= 0.3 is 6.18 Å². The van der Waals surface area contributed by atoms with Crippen LogP contribution in [0.2, 0.25) is 0 Å². The Morgan fingerprint density at radius 2 is 1.65 bits per heavy atom. The first-order chi connectivity index (χ1) is 20.3. The van der Waals surface area contributed by atoms with Crippen molar-refractivity contribution in [2.75, 3.05) is 54.9 Å². The van der Waals surface area contributed by atoms with Crippen molar-refractivity contribution in [1.29, 1.82) is 0 Å². The smallest absolute Gasteiger partial charge is 0.372 e. The van der Waals surface area contributed by atoms with Gasteiger partial charge < -0.3 is 24.8 Å². The van der Waals surface area contributed by atoms with Crippen molar-refractivity contribution in [2.45, 2.75) is 52.1 Å². The van der Waals surface area contributed by atoms with E-state index in [1.807, 2.05) is 37.6 Å². The average Bonchev–Trinajstić information content (AvgIpc) is 2.94. The maximum absolute atomic E-state index is 15.7. The average molecular weight is 601 g/mol. The van der Waals surface area contributed by atoms with Crippen LogP contribution in [0, 0.1) is 12.7 Å². The van der Waals surface area contributed by atoms with Crippen LogP contribution in [0.1, 0.15) is 42.3 Å². The number of anilines is 3. The Morgan fingerprint density at radius 1 is 0.977 bits per heavy atom. The Labute approximate surface area is 248 Å². The maximum Gasteiger partial charge on any atom is 0.417 e. The second kappa shape index (κ2) is 12.1. The van der Waals surface area contributed by atoms with Gasteiger partial charge in [-0.1, -0.05) is 11.6 Å². The van der Waals surface area contributed by atoms with E-state index in [-0.39, 0.29) is 29.5 Å². The lowest BCUT2D eigenvalue weighted by molar-refractivity contribution is -0.137. The van der Waals surface area contributed by atoms with E-state index in [0.29, 0.717) is 55.5 Å². The predicted molar refractivity (Wildman–Crippen MR) is 158 cm³/mol. The highest BCUT2D eigenvalue weighted by atomic mass is 19.4. The van der Waals surface area contributed by atoms with Crippen LogP contribution >= 0.6 is 0 Å². The van der Waals surface area contributed by atoms with Gasteiger partial charge in [-0.05, 0) is 59.0 Å². The minimum Gasteiger partial charge on any atom is -0.372 e. The van der Waals surface area contributed by atoms with Gasteiger partial charge in [0.2, 0.25) is 5.95 Å². The van der Waals surface area contributed by atoms with Gasteiger partial charge in [0, 0.05) is 62.3 Å². The van der Waals surface area contributed by atoms with E-state index in [0.717, 1.165) is 12.1 Å². The van der Waals surface area contributed by atoms with Gasteiger partial charge in [-0.2, -0.15) is 13.2 Å². The summed E-state index contributed by atoms with van der Waals surface area (Å²) < 4.78 is 63.1. The molecule has 3 aromatic rings. The monoisotopic (exact) mass is 600 g/mol. The number of likely N-dealkylation sites (N-methyl/N-ethyl adjacent to an activating group) is 1. The number of carbonyl (C=O) groups excluding carboxylic acids is 1. The molecule has 2 aromatic carbocycles. The molecule has 2 saturated heterocycles. The molecule has 230 valence electrons. The van der Waals surface area contributed by atoms with Crippen LogP contribution in [0.5, 0.6) is 0 Å². The van der Waals surface area contributed by atoms with Gasteiger partial charge in [-0.3, -0.25) is 4.79 Å². The summed E-state index contributed by atoms with van der Waals surface area (Å²) in [7, 11) is 1.99. The largest absolute Gasteiger partial charge is 0.417 e. The molecule has 0 bridgehead atoms. The Hall–Kier alpha value is -3.77. The van der Waals surface area contributed by atoms with Crippen molar-refractivity contribution >= 4 is 23.2 Å². The van der Waals surface area contributed by atoms with Gasteiger partial charge in [-0.15, -0.1) is 0 Å². The van der Waals surface area contributed by atoms with Gasteiger partial charge in [0.15, 0.2) is 0 Å². The van der Waals surface area contributed by atoms with E-state index >= 15 is 4.39 Å². The minimum absolute atomic E-state index is 0.00636. The fraction of sp³-hybridized carbons (Fsp3) is 0.452. The van der Waals surface area contributed by atoms with Crippen molar-refractivity contribution in [2.24, 2.45) is 0 Å². The fourth-order valence-corrected chi connectivity index (χ4v) is 5.66. The predicted octanol–water partition coefficient (Wildman–Crippen LogP) is 5.62. The van der Waals surface area contributed by atoms with Crippen LogP contribution in [0.4, 0.5) is 34.9 Å². The van der Waals surface area contributed by atoms with Crippen molar-refractivity contribution < 1.29 is 27.1 Å². The van der Waals surface area contributed by atoms with Crippen LogP contribution in [-0.4, -0.2) is 78.8 Å². The quantitative estimate of drug-likeness (QED) is 0.382. The molecule has 0 radical (unpaired) electrons. The van der Waals surface area contributed by atoms with Crippen LogP contribution in [0.15, 0.2) is 42.7 Å². The number of aromatic nitrogens is 2. The van der Waals surface area contributed by atoms with Crippen molar-refractivity contribution in [3.05, 3.63) is 65.2 Å². The first-order valence-electron chi connectivity index (χ1n) is 14.3. The molecule has 0 aliphatic carbocycles. The summed E-state index contributed by atoms with van der Waals surface area (Å²) in [6.45, 7) is 10.5. The number of alkyl halides is 3. The molecular weight excluding hydrogens is 564 g/mol. The standard InChI is InChI=1S/C31H36F4N6O2/c1-18-6-7-23(25(10-18)31(33,34)35)29(42)38-27-11-24(26(32)12-28(27)40-9-8-39(5)19(2)15-40)22-13-36-30(37-14-22)41-16-20(3)43-21(4)17-41/h6-7,10-14,19-21H,8-9,15-17H2,1-5H3,(H,38,42)/t19-,20-,21+/m0/s1. The number of amides is 1.